The van der Waals surface area contributed by atoms with Crippen LogP contribution < -0.4 is 0 Å². The highest BCUT2D eigenvalue weighted by Crippen LogP contribution is 2.34. The van der Waals surface area contributed by atoms with Gasteiger partial charge in [0.25, 0.3) is 0 Å². The van der Waals surface area contributed by atoms with Crippen molar-refractivity contribution < 1.29 is 0 Å². The summed E-state index contributed by atoms with van der Waals surface area (Å²) in [6.45, 7) is 0. The Hall–Kier alpha value is -4.61. The van der Waals surface area contributed by atoms with E-state index in [-0.39, 0.29) is 0 Å². The highest BCUT2D eigenvalue weighted by atomic mass is 79.9. The fraction of sp³-hybridized carbons (Fsp3) is 0. The average Bonchev–Trinajstić information content (AvgIpc) is 3.31. The molecule has 180 valence electrons. The normalized spacial score (nSPS) is 11.3. The smallest absolute Gasteiger partial charge is 0.160 e. The molecule has 0 amide bonds. The van der Waals surface area contributed by atoms with Crippen LogP contribution in [0.3, 0.4) is 0 Å². The maximum Gasteiger partial charge on any atom is 0.160 e. The molecule has 0 unspecified atom stereocenters. The van der Waals surface area contributed by atoms with Gasteiger partial charge in [0, 0.05) is 43.8 Å². The second-order valence-corrected chi connectivity index (χ2v) is 10.0. The maximum absolute atomic E-state index is 4.97. The van der Waals surface area contributed by atoms with Gasteiger partial charge in [0.15, 0.2) is 5.82 Å². The predicted molar refractivity (Wildman–Crippen MR) is 158 cm³/mol. The van der Waals surface area contributed by atoms with Crippen molar-refractivity contribution in [3.05, 3.63) is 132 Å². The zero-order valence-corrected chi connectivity index (χ0v) is 21.9. The van der Waals surface area contributed by atoms with Crippen molar-refractivity contribution >= 4 is 37.9 Å². The summed E-state index contributed by atoms with van der Waals surface area (Å²) in [5, 5.41) is 2.30. The van der Waals surface area contributed by atoms with Crippen LogP contribution in [0.1, 0.15) is 0 Å². The largest absolute Gasteiger partial charge is 0.294 e. The Morgan fingerprint density at radius 2 is 1.21 bits per heavy atom. The van der Waals surface area contributed by atoms with E-state index in [1.54, 1.807) is 0 Å². The molecule has 0 spiro atoms. The van der Waals surface area contributed by atoms with E-state index in [1.165, 1.54) is 5.39 Å². The van der Waals surface area contributed by atoms with Crippen LogP contribution in [-0.2, 0) is 0 Å². The average molecular weight is 553 g/mol. The highest BCUT2D eigenvalue weighted by molar-refractivity contribution is 9.10. The van der Waals surface area contributed by atoms with E-state index < -0.39 is 0 Å². The van der Waals surface area contributed by atoms with Crippen LogP contribution in [0.15, 0.2) is 132 Å². The van der Waals surface area contributed by atoms with Gasteiger partial charge >= 0.3 is 0 Å². The van der Waals surface area contributed by atoms with Crippen LogP contribution in [0.4, 0.5) is 0 Å². The molecule has 38 heavy (non-hydrogen) atoms. The number of hydrogen-bond donors (Lipinski definition) is 0. The molecular formula is C33H21BrN4. The highest BCUT2D eigenvalue weighted by Gasteiger charge is 2.15. The minimum atomic E-state index is 0.711. The summed E-state index contributed by atoms with van der Waals surface area (Å²) in [6.07, 6.45) is 1.85. The van der Waals surface area contributed by atoms with Gasteiger partial charge in [-0.05, 0) is 48.5 Å². The Balaban J connectivity index is 1.37. The predicted octanol–water partition coefficient (Wildman–Crippen LogP) is 8.73. The molecule has 0 aliphatic rings. The van der Waals surface area contributed by atoms with Crippen molar-refractivity contribution in [1.82, 2.24) is 19.5 Å². The quantitative estimate of drug-likeness (QED) is 0.219. The third-order valence-corrected chi connectivity index (χ3v) is 7.23. The third-order valence-electron chi connectivity index (χ3n) is 6.74. The SMILES string of the molecule is Brc1ccc2c(c1)c1cccnc1n2-c1ccc(-c2cc(-c3ccccc3)nc(-c3ccccc3)n2)cc1. The van der Waals surface area contributed by atoms with Gasteiger partial charge < -0.3 is 0 Å². The molecule has 0 aliphatic heterocycles. The van der Waals surface area contributed by atoms with Gasteiger partial charge in [-0.1, -0.05) is 88.7 Å². The molecule has 0 saturated heterocycles. The molecule has 0 bridgehead atoms. The summed E-state index contributed by atoms with van der Waals surface area (Å²) in [7, 11) is 0. The fourth-order valence-electron chi connectivity index (χ4n) is 4.93. The number of pyridine rings is 1. The molecule has 0 radical (unpaired) electrons. The molecule has 0 N–H and O–H groups in total. The zero-order chi connectivity index (χ0) is 25.5. The van der Waals surface area contributed by atoms with Crippen molar-refractivity contribution in [2.45, 2.75) is 0 Å². The molecule has 4 aromatic carbocycles. The number of rotatable bonds is 4. The van der Waals surface area contributed by atoms with Crippen LogP contribution in [0.5, 0.6) is 0 Å². The first-order valence-electron chi connectivity index (χ1n) is 12.4. The van der Waals surface area contributed by atoms with Crippen molar-refractivity contribution in [2.75, 3.05) is 0 Å². The standard InChI is InChI=1S/C33H21BrN4/c34-25-15-18-31-28(20-25)27-12-7-19-35-33(27)38(31)26-16-13-23(14-17-26)30-21-29(22-8-3-1-4-9-22)36-32(37-30)24-10-5-2-6-11-24/h1-21H. The molecule has 7 aromatic rings. The van der Waals surface area contributed by atoms with Gasteiger partial charge in [0.1, 0.15) is 5.65 Å². The molecule has 3 heterocycles. The summed E-state index contributed by atoms with van der Waals surface area (Å²) in [4.78, 5) is 14.6. The first-order chi connectivity index (χ1) is 18.7. The second kappa shape index (κ2) is 9.36. The Bertz CT molecular complexity index is 1850. The minimum Gasteiger partial charge on any atom is -0.294 e. The first-order valence-corrected chi connectivity index (χ1v) is 13.2. The number of halogens is 1. The topological polar surface area (TPSA) is 43.6 Å². The maximum atomic E-state index is 4.97. The zero-order valence-electron chi connectivity index (χ0n) is 20.3. The van der Waals surface area contributed by atoms with E-state index in [0.717, 1.165) is 54.8 Å². The van der Waals surface area contributed by atoms with Crippen LogP contribution in [0.25, 0.3) is 61.5 Å². The van der Waals surface area contributed by atoms with Gasteiger partial charge in [0.2, 0.25) is 0 Å². The lowest BCUT2D eigenvalue weighted by molar-refractivity contribution is 1.13. The van der Waals surface area contributed by atoms with E-state index in [2.05, 4.69) is 87.2 Å². The lowest BCUT2D eigenvalue weighted by atomic mass is 10.1. The van der Waals surface area contributed by atoms with E-state index in [1.807, 2.05) is 60.8 Å². The Labute approximate surface area is 228 Å². The lowest BCUT2D eigenvalue weighted by Gasteiger charge is -2.11. The first kappa shape index (κ1) is 22.6. The summed E-state index contributed by atoms with van der Waals surface area (Å²) in [5.41, 5.74) is 7.97. The van der Waals surface area contributed by atoms with Crippen LogP contribution >= 0.6 is 15.9 Å². The van der Waals surface area contributed by atoms with Gasteiger partial charge in [-0.2, -0.15) is 0 Å². The number of nitrogens with zero attached hydrogens (tertiary/aromatic N) is 4. The van der Waals surface area contributed by atoms with Crippen molar-refractivity contribution in [3.8, 4) is 39.6 Å². The summed E-state index contributed by atoms with van der Waals surface area (Å²) in [5.74, 6) is 0.711. The molecule has 5 heteroatoms. The van der Waals surface area contributed by atoms with Crippen molar-refractivity contribution in [3.63, 3.8) is 0 Å². The number of fused-ring (bicyclic) bond motifs is 3. The molecule has 0 aliphatic carbocycles. The van der Waals surface area contributed by atoms with Gasteiger partial charge in [-0.3, -0.25) is 4.57 Å². The van der Waals surface area contributed by atoms with Crippen molar-refractivity contribution in [1.29, 1.82) is 0 Å². The van der Waals surface area contributed by atoms with Gasteiger partial charge in [0.05, 0.1) is 16.9 Å². The van der Waals surface area contributed by atoms with Crippen molar-refractivity contribution in [2.24, 2.45) is 0 Å². The lowest BCUT2D eigenvalue weighted by Crippen LogP contribution is -1.97. The Morgan fingerprint density at radius 1 is 0.553 bits per heavy atom. The molecule has 0 atom stereocenters. The summed E-state index contributed by atoms with van der Waals surface area (Å²) in [6, 6.07) is 41.4. The van der Waals surface area contributed by atoms with Crippen LogP contribution in [0, 0.1) is 0 Å². The molecule has 4 nitrogen and oxygen atoms in total. The Kier molecular flexibility index (Phi) is 5.56. The van der Waals surface area contributed by atoms with E-state index in [9.17, 15) is 0 Å². The van der Waals surface area contributed by atoms with E-state index >= 15 is 0 Å². The molecule has 7 rings (SSSR count). The molecule has 0 saturated carbocycles. The number of benzene rings is 4. The Morgan fingerprint density at radius 3 is 1.92 bits per heavy atom. The molecule has 0 fully saturated rings. The number of hydrogen-bond acceptors (Lipinski definition) is 3. The third kappa shape index (κ3) is 3.98. The fourth-order valence-corrected chi connectivity index (χ4v) is 5.29. The van der Waals surface area contributed by atoms with Crippen LogP contribution in [-0.4, -0.2) is 19.5 Å². The monoisotopic (exact) mass is 552 g/mol. The summed E-state index contributed by atoms with van der Waals surface area (Å²) >= 11 is 3.62. The second-order valence-electron chi connectivity index (χ2n) is 9.11. The minimum absolute atomic E-state index is 0.711. The summed E-state index contributed by atoms with van der Waals surface area (Å²) < 4.78 is 3.27. The molecular weight excluding hydrogens is 532 g/mol. The van der Waals surface area contributed by atoms with E-state index in [4.69, 9.17) is 15.0 Å². The number of aromatic nitrogens is 4. The van der Waals surface area contributed by atoms with E-state index in [0.29, 0.717) is 5.82 Å². The van der Waals surface area contributed by atoms with Crippen LogP contribution in [0.2, 0.25) is 0 Å². The van der Waals surface area contributed by atoms with Gasteiger partial charge in [-0.15, -0.1) is 0 Å². The van der Waals surface area contributed by atoms with Gasteiger partial charge in [-0.25, -0.2) is 15.0 Å². The molecule has 3 aromatic heterocycles.